The van der Waals surface area contributed by atoms with Gasteiger partial charge in [-0.15, -0.1) is 0 Å². The maximum atomic E-state index is 12.1. The molecule has 1 rings (SSSR count). The van der Waals surface area contributed by atoms with Crippen LogP contribution in [0.2, 0.25) is 0 Å². The first-order chi connectivity index (χ1) is 11.7. The van der Waals surface area contributed by atoms with Crippen LogP contribution in [0.5, 0.6) is 0 Å². The number of carbonyl (C=O) groups excluding carboxylic acids is 1. The van der Waals surface area contributed by atoms with E-state index in [0.29, 0.717) is 6.61 Å². The lowest BCUT2D eigenvalue weighted by Gasteiger charge is -2.19. The van der Waals surface area contributed by atoms with Gasteiger partial charge in [-0.05, 0) is 24.8 Å². The van der Waals surface area contributed by atoms with Crippen molar-refractivity contribution in [2.45, 2.75) is 65.7 Å². The van der Waals surface area contributed by atoms with Gasteiger partial charge in [-0.3, -0.25) is 4.79 Å². The summed E-state index contributed by atoms with van der Waals surface area (Å²) < 4.78 is 5.22. The highest BCUT2D eigenvalue weighted by molar-refractivity contribution is 5.73. The molecule has 1 aromatic rings. The molecular weight excluding hydrogens is 296 g/mol. The van der Waals surface area contributed by atoms with Crippen LogP contribution in [0.15, 0.2) is 36.4 Å². The number of hydrogen-bond acceptors (Lipinski definition) is 2. The minimum absolute atomic E-state index is 0.0776. The van der Waals surface area contributed by atoms with Crippen LogP contribution < -0.4 is 0 Å². The number of unbranched alkanes of at least 4 members (excludes halogenated alkanes) is 5. The van der Waals surface area contributed by atoms with Crippen molar-refractivity contribution in [1.29, 1.82) is 0 Å². The Morgan fingerprint density at radius 3 is 2.38 bits per heavy atom. The van der Waals surface area contributed by atoms with E-state index < -0.39 is 0 Å². The summed E-state index contributed by atoms with van der Waals surface area (Å²) in [7, 11) is 0. The average Bonchev–Trinajstić information content (AvgIpc) is 2.61. The first-order valence-corrected chi connectivity index (χ1v) is 9.58. The molecule has 2 nitrogen and oxygen atoms in total. The van der Waals surface area contributed by atoms with Gasteiger partial charge in [-0.1, -0.05) is 94.9 Å². The first-order valence-electron chi connectivity index (χ1n) is 9.58. The van der Waals surface area contributed by atoms with E-state index in [0.717, 1.165) is 6.42 Å². The van der Waals surface area contributed by atoms with Crippen molar-refractivity contribution in [2.24, 2.45) is 11.8 Å². The number of rotatable bonds is 12. The van der Waals surface area contributed by atoms with Crippen LogP contribution in [-0.4, -0.2) is 12.6 Å². The Morgan fingerprint density at radius 1 is 1.04 bits per heavy atom. The molecule has 0 amide bonds. The Labute approximate surface area is 148 Å². The highest BCUT2D eigenvalue weighted by Gasteiger charge is 2.22. The summed E-state index contributed by atoms with van der Waals surface area (Å²) >= 11 is 0. The molecule has 1 aromatic carbocycles. The zero-order valence-corrected chi connectivity index (χ0v) is 15.7. The van der Waals surface area contributed by atoms with Crippen LogP contribution in [0.1, 0.15) is 71.3 Å². The van der Waals surface area contributed by atoms with E-state index in [1.165, 1.54) is 44.1 Å². The number of ether oxygens (including phenoxy) is 1. The van der Waals surface area contributed by atoms with Gasteiger partial charge in [0.2, 0.25) is 0 Å². The van der Waals surface area contributed by atoms with Crippen LogP contribution in [0.4, 0.5) is 0 Å². The molecule has 2 atom stereocenters. The van der Waals surface area contributed by atoms with Gasteiger partial charge >= 0.3 is 5.97 Å². The monoisotopic (exact) mass is 330 g/mol. The molecule has 0 fully saturated rings. The Morgan fingerprint density at radius 2 is 1.71 bits per heavy atom. The van der Waals surface area contributed by atoms with Crippen molar-refractivity contribution in [3.05, 3.63) is 42.0 Å². The van der Waals surface area contributed by atoms with E-state index >= 15 is 0 Å². The van der Waals surface area contributed by atoms with Crippen LogP contribution in [0.3, 0.4) is 0 Å². The average molecular weight is 331 g/mol. The van der Waals surface area contributed by atoms with Gasteiger partial charge in [0, 0.05) is 0 Å². The summed E-state index contributed by atoms with van der Waals surface area (Å²) in [4.78, 5) is 12.1. The third-order valence-electron chi connectivity index (χ3n) is 4.53. The minimum atomic E-state index is -0.0828. The molecule has 2 unspecified atom stereocenters. The van der Waals surface area contributed by atoms with Crippen LogP contribution >= 0.6 is 0 Å². The molecule has 0 radical (unpaired) electrons. The SMILES string of the molecule is CCCCCCCCC(/C=C/c1ccccc1)C(C)C(=O)OCC. The molecule has 0 heterocycles. The van der Waals surface area contributed by atoms with E-state index in [-0.39, 0.29) is 17.8 Å². The highest BCUT2D eigenvalue weighted by Crippen LogP contribution is 2.23. The van der Waals surface area contributed by atoms with Crippen LogP contribution in [-0.2, 0) is 9.53 Å². The summed E-state index contributed by atoms with van der Waals surface area (Å²) in [5, 5.41) is 0. The standard InChI is InChI=1S/C22H34O2/c1-4-6-7-8-9-13-16-21(19(3)22(23)24-5-2)18-17-20-14-11-10-12-15-20/h10-12,14-15,17-19,21H,4-9,13,16H2,1-3H3/b18-17+. The molecule has 0 aromatic heterocycles. The van der Waals surface area contributed by atoms with Crippen molar-refractivity contribution < 1.29 is 9.53 Å². The van der Waals surface area contributed by atoms with E-state index in [1.54, 1.807) is 0 Å². The van der Waals surface area contributed by atoms with Crippen molar-refractivity contribution in [3.8, 4) is 0 Å². The third-order valence-corrected chi connectivity index (χ3v) is 4.53. The predicted octanol–water partition coefficient (Wildman–Crippen LogP) is 6.27. The quantitative estimate of drug-likeness (QED) is 0.334. The number of hydrogen-bond donors (Lipinski definition) is 0. The molecule has 2 heteroatoms. The van der Waals surface area contributed by atoms with Crippen molar-refractivity contribution >= 4 is 12.0 Å². The fourth-order valence-electron chi connectivity index (χ4n) is 2.92. The Balaban J connectivity index is 2.58. The molecule has 0 saturated heterocycles. The maximum Gasteiger partial charge on any atom is 0.309 e. The van der Waals surface area contributed by atoms with Gasteiger partial charge in [0.15, 0.2) is 0 Å². The minimum Gasteiger partial charge on any atom is -0.466 e. The summed E-state index contributed by atoms with van der Waals surface area (Å²) in [6.07, 6.45) is 13.1. The maximum absolute atomic E-state index is 12.1. The van der Waals surface area contributed by atoms with E-state index in [2.05, 4.69) is 31.2 Å². The fraction of sp³-hybridized carbons (Fsp3) is 0.591. The highest BCUT2D eigenvalue weighted by atomic mass is 16.5. The molecule has 0 aliphatic heterocycles. The summed E-state index contributed by atoms with van der Waals surface area (Å²) in [6.45, 7) is 6.56. The number of benzene rings is 1. The number of esters is 1. The largest absolute Gasteiger partial charge is 0.466 e. The first kappa shape index (κ1) is 20.5. The van der Waals surface area contributed by atoms with Crippen molar-refractivity contribution in [3.63, 3.8) is 0 Å². The topological polar surface area (TPSA) is 26.3 Å². The molecule has 0 aliphatic rings. The molecule has 0 N–H and O–H groups in total. The van der Waals surface area contributed by atoms with Gasteiger partial charge in [-0.25, -0.2) is 0 Å². The van der Waals surface area contributed by atoms with Gasteiger partial charge in [0.25, 0.3) is 0 Å². The zero-order valence-electron chi connectivity index (χ0n) is 15.7. The molecule has 0 saturated carbocycles. The van der Waals surface area contributed by atoms with Gasteiger partial charge in [0.05, 0.1) is 12.5 Å². The second-order valence-corrected chi connectivity index (χ2v) is 6.53. The Kier molecular flexibility index (Phi) is 10.9. The van der Waals surface area contributed by atoms with E-state index in [9.17, 15) is 4.79 Å². The zero-order chi connectivity index (χ0) is 17.6. The normalized spacial score (nSPS) is 13.8. The Bertz CT molecular complexity index is 464. The summed E-state index contributed by atoms with van der Waals surface area (Å²) in [5.41, 5.74) is 1.18. The van der Waals surface area contributed by atoms with Gasteiger partial charge in [-0.2, -0.15) is 0 Å². The van der Waals surface area contributed by atoms with Gasteiger partial charge in [0.1, 0.15) is 0 Å². The molecule has 24 heavy (non-hydrogen) atoms. The fourth-order valence-corrected chi connectivity index (χ4v) is 2.92. The second kappa shape index (κ2) is 12.8. The van der Waals surface area contributed by atoms with Crippen LogP contribution in [0.25, 0.3) is 6.08 Å². The molecule has 0 bridgehead atoms. The van der Waals surface area contributed by atoms with Crippen molar-refractivity contribution in [2.75, 3.05) is 6.61 Å². The predicted molar refractivity (Wildman–Crippen MR) is 103 cm³/mol. The molecule has 134 valence electrons. The van der Waals surface area contributed by atoms with Crippen molar-refractivity contribution in [1.82, 2.24) is 0 Å². The molecule has 0 spiro atoms. The second-order valence-electron chi connectivity index (χ2n) is 6.53. The molecular formula is C22H34O2. The lowest BCUT2D eigenvalue weighted by atomic mass is 9.88. The lowest BCUT2D eigenvalue weighted by molar-refractivity contribution is -0.148. The van der Waals surface area contributed by atoms with E-state index in [4.69, 9.17) is 4.74 Å². The molecule has 0 aliphatic carbocycles. The third kappa shape index (κ3) is 8.33. The number of allylic oxidation sites excluding steroid dienone is 1. The summed E-state index contributed by atoms with van der Waals surface area (Å²) in [6, 6.07) is 10.3. The summed E-state index contributed by atoms with van der Waals surface area (Å²) in [5.74, 6) is 0.0854. The van der Waals surface area contributed by atoms with E-state index in [1.807, 2.05) is 32.0 Å². The smallest absolute Gasteiger partial charge is 0.309 e. The Hall–Kier alpha value is -1.57. The number of carbonyl (C=O) groups is 1. The van der Waals surface area contributed by atoms with Gasteiger partial charge < -0.3 is 4.74 Å². The lowest BCUT2D eigenvalue weighted by Crippen LogP contribution is -2.22. The van der Waals surface area contributed by atoms with Crippen LogP contribution in [0, 0.1) is 11.8 Å².